The third kappa shape index (κ3) is 4.54. The number of ketones is 1. The van der Waals surface area contributed by atoms with Gasteiger partial charge >= 0.3 is 0 Å². The lowest BCUT2D eigenvalue weighted by atomic mass is 10.1. The summed E-state index contributed by atoms with van der Waals surface area (Å²) in [5.74, 6) is -0.445. The lowest BCUT2D eigenvalue weighted by Crippen LogP contribution is -2.43. The van der Waals surface area contributed by atoms with E-state index in [1.54, 1.807) is 24.3 Å². The van der Waals surface area contributed by atoms with Crippen molar-refractivity contribution in [3.8, 4) is 0 Å². The number of nitrogens with one attached hydrogen (secondary N) is 1. The Morgan fingerprint density at radius 2 is 1.52 bits per heavy atom. The average Bonchev–Trinajstić information content (AvgIpc) is 2.54. The Morgan fingerprint density at radius 3 is 2.14 bits per heavy atom. The zero-order chi connectivity index (χ0) is 15.1. The van der Waals surface area contributed by atoms with Crippen LogP contribution in [0.4, 0.5) is 0 Å². The van der Waals surface area contributed by atoms with Crippen LogP contribution < -0.4 is 11.1 Å². The van der Waals surface area contributed by atoms with Crippen LogP contribution in [0.1, 0.15) is 15.9 Å². The normalized spacial score (nSPS) is 11.7. The minimum Gasteiger partial charge on any atom is -0.347 e. The summed E-state index contributed by atoms with van der Waals surface area (Å²) in [6.45, 7) is -0.0364. The van der Waals surface area contributed by atoms with E-state index in [9.17, 15) is 9.59 Å². The lowest BCUT2D eigenvalue weighted by Gasteiger charge is -2.12. The fourth-order valence-electron chi connectivity index (χ4n) is 1.99. The van der Waals surface area contributed by atoms with E-state index in [2.05, 4.69) is 5.32 Å². The van der Waals surface area contributed by atoms with E-state index in [0.717, 1.165) is 5.56 Å². The number of hydrogen-bond donors (Lipinski definition) is 2. The van der Waals surface area contributed by atoms with E-state index in [1.807, 2.05) is 36.4 Å². The van der Waals surface area contributed by atoms with Gasteiger partial charge in [-0.25, -0.2) is 0 Å². The Balaban J connectivity index is 1.83. The maximum atomic E-state index is 11.9. The molecule has 4 heteroatoms. The molecular formula is C17H18N2O2. The first-order valence-corrected chi connectivity index (χ1v) is 6.82. The van der Waals surface area contributed by atoms with Crippen LogP contribution in [0.3, 0.4) is 0 Å². The SMILES string of the molecule is NC(Cc1ccccc1)C(=O)NCC(=O)c1ccccc1. The topological polar surface area (TPSA) is 72.2 Å². The molecule has 2 rings (SSSR count). The van der Waals surface area contributed by atoms with E-state index in [1.165, 1.54) is 0 Å². The van der Waals surface area contributed by atoms with E-state index in [4.69, 9.17) is 5.73 Å². The molecule has 0 aromatic heterocycles. The van der Waals surface area contributed by atoms with Crippen molar-refractivity contribution in [3.63, 3.8) is 0 Å². The van der Waals surface area contributed by atoms with Gasteiger partial charge in [0.25, 0.3) is 0 Å². The average molecular weight is 282 g/mol. The number of carbonyl (C=O) groups excluding carboxylic acids is 2. The number of amides is 1. The van der Waals surface area contributed by atoms with Crippen molar-refractivity contribution in [2.45, 2.75) is 12.5 Å². The number of benzene rings is 2. The number of rotatable bonds is 6. The van der Waals surface area contributed by atoms with Gasteiger partial charge < -0.3 is 11.1 Å². The highest BCUT2D eigenvalue weighted by atomic mass is 16.2. The summed E-state index contributed by atoms with van der Waals surface area (Å²) in [4.78, 5) is 23.8. The van der Waals surface area contributed by atoms with E-state index in [-0.39, 0.29) is 18.2 Å². The van der Waals surface area contributed by atoms with Gasteiger partial charge in [0.1, 0.15) is 0 Å². The van der Waals surface area contributed by atoms with Crippen molar-refractivity contribution in [1.82, 2.24) is 5.32 Å². The second kappa shape index (κ2) is 7.36. The van der Waals surface area contributed by atoms with Crippen LogP contribution in [-0.4, -0.2) is 24.3 Å². The van der Waals surface area contributed by atoms with Crippen molar-refractivity contribution < 1.29 is 9.59 Å². The van der Waals surface area contributed by atoms with Gasteiger partial charge in [0.05, 0.1) is 12.6 Å². The maximum Gasteiger partial charge on any atom is 0.237 e. The number of hydrogen-bond acceptors (Lipinski definition) is 3. The predicted octanol–water partition coefficient (Wildman–Crippen LogP) is 1.56. The van der Waals surface area contributed by atoms with Crippen molar-refractivity contribution in [2.75, 3.05) is 6.54 Å². The Bertz CT molecular complexity index is 597. The van der Waals surface area contributed by atoms with Crippen LogP contribution in [-0.2, 0) is 11.2 Å². The zero-order valence-electron chi connectivity index (χ0n) is 11.7. The fourth-order valence-corrected chi connectivity index (χ4v) is 1.99. The second-order valence-electron chi connectivity index (χ2n) is 4.80. The largest absolute Gasteiger partial charge is 0.347 e. The molecule has 4 nitrogen and oxygen atoms in total. The summed E-state index contributed by atoms with van der Waals surface area (Å²) < 4.78 is 0. The summed E-state index contributed by atoms with van der Waals surface area (Å²) in [6.07, 6.45) is 0.451. The van der Waals surface area contributed by atoms with Gasteiger partial charge in [0, 0.05) is 5.56 Å². The van der Waals surface area contributed by atoms with Gasteiger partial charge in [0.2, 0.25) is 5.91 Å². The molecule has 21 heavy (non-hydrogen) atoms. The highest BCUT2D eigenvalue weighted by Gasteiger charge is 2.15. The van der Waals surface area contributed by atoms with Crippen LogP contribution in [0.5, 0.6) is 0 Å². The monoisotopic (exact) mass is 282 g/mol. The molecule has 0 fully saturated rings. The Morgan fingerprint density at radius 1 is 0.952 bits per heavy atom. The molecule has 0 aliphatic carbocycles. The van der Waals surface area contributed by atoms with Crippen molar-refractivity contribution in [1.29, 1.82) is 0 Å². The molecule has 0 aliphatic heterocycles. The molecule has 0 bridgehead atoms. The summed E-state index contributed by atoms with van der Waals surface area (Å²) in [6, 6.07) is 17.8. The van der Waals surface area contributed by atoms with Gasteiger partial charge in [-0.3, -0.25) is 9.59 Å². The Labute approximate surface area is 124 Å². The quantitative estimate of drug-likeness (QED) is 0.790. The van der Waals surface area contributed by atoms with E-state index < -0.39 is 6.04 Å². The molecule has 2 aromatic rings. The molecule has 1 unspecified atom stereocenters. The number of nitrogens with two attached hydrogens (primary N) is 1. The predicted molar refractivity (Wildman–Crippen MR) is 81.9 cm³/mol. The summed E-state index contributed by atoms with van der Waals surface area (Å²) in [5, 5.41) is 2.59. The van der Waals surface area contributed by atoms with E-state index in [0.29, 0.717) is 12.0 Å². The van der Waals surface area contributed by atoms with Crippen molar-refractivity contribution in [3.05, 3.63) is 71.8 Å². The second-order valence-corrected chi connectivity index (χ2v) is 4.80. The molecule has 0 heterocycles. The van der Waals surface area contributed by atoms with E-state index >= 15 is 0 Å². The van der Waals surface area contributed by atoms with Crippen LogP contribution in [0, 0.1) is 0 Å². The van der Waals surface area contributed by atoms with Gasteiger partial charge in [0.15, 0.2) is 5.78 Å². The van der Waals surface area contributed by atoms with Gasteiger partial charge in [-0.1, -0.05) is 60.7 Å². The highest BCUT2D eigenvalue weighted by molar-refractivity contribution is 5.99. The third-order valence-corrected chi connectivity index (χ3v) is 3.15. The van der Waals surface area contributed by atoms with Gasteiger partial charge in [-0.2, -0.15) is 0 Å². The Kier molecular flexibility index (Phi) is 5.23. The smallest absolute Gasteiger partial charge is 0.237 e. The van der Waals surface area contributed by atoms with Gasteiger partial charge in [-0.15, -0.1) is 0 Å². The minimum absolute atomic E-state index is 0.0364. The first-order chi connectivity index (χ1) is 10.2. The molecule has 1 atom stereocenters. The summed E-state index contributed by atoms with van der Waals surface area (Å²) in [7, 11) is 0. The standard InChI is InChI=1S/C17H18N2O2/c18-15(11-13-7-3-1-4-8-13)17(21)19-12-16(20)14-9-5-2-6-10-14/h1-10,15H,11-12,18H2,(H,19,21). The molecule has 0 aliphatic rings. The first kappa shape index (κ1) is 14.9. The molecule has 1 amide bonds. The molecule has 108 valence electrons. The molecule has 0 radical (unpaired) electrons. The maximum absolute atomic E-state index is 11.9. The molecule has 3 N–H and O–H groups in total. The fraction of sp³-hybridized carbons (Fsp3) is 0.176. The van der Waals surface area contributed by atoms with Crippen LogP contribution >= 0.6 is 0 Å². The van der Waals surface area contributed by atoms with Crippen molar-refractivity contribution >= 4 is 11.7 Å². The highest BCUT2D eigenvalue weighted by Crippen LogP contribution is 2.02. The molecule has 0 saturated heterocycles. The lowest BCUT2D eigenvalue weighted by molar-refractivity contribution is -0.122. The third-order valence-electron chi connectivity index (χ3n) is 3.15. The zero-order valence-corrected chi connectivity index (χ0v) is 11.7. The molecule has 2 aromatic carbocycles. The van der Waals surface area contributed by atoms with Crippen molar-refractivity contribution in [2.24, 2.45) is 5.73 Å². The number of carbonyl (C=O) groups is 2. The Hall–Kier alpha value is -2.46. The summed E-state index contributed by atoms with van der Waals surface area (Å²) in [5.41, 5.74) is 7.42. The molecular weight excluding hydrogens is 264 g/mol. The molecule has 0 saturated carbocycles. The van der Waals surface area contributed by atoms with Crippen LogP contribution in [0.25, 0.3) is 0 Å². The summed E-state index contributed by atoms with van der Waals surface area (Å²) >= 11 is 0. The van der Waals surface area contributed by atoms with Gasteiger partial charge in [-0.05, 0) is 12.0 Å². The van der Waals surface area contributed by atoms with Crippen LogP contribution in [0.2, 0.25) is 0 Å². The number of Topliss-reactive ketones (excluding diaryl/α,β-unsaturated/α-hetero) is 1. The first-order valence-electron chi connectivity index (χ1n) is 6.82. The molecule has 0 spiro atoms. The minimum atomic E-state index is -0.657. The van der Waals surface area contributed by atoms with Crippen LogP contribution in [0.15, 0.2) is 60.7 Å².